The Kier molecular flexibility index (Phi) is 9.25. The smallest absolute Gasteiger partial charge is 0.243 e. The summed E-state index contributed by atoms with van der Waals surface area (Å²) in [6.07, 6.45) is 0.551. The second-order valence-corrected chi connectivity index (χ2v) is 9.65. The third-order valence-corrected chi connectivity index (χ3v) is 5.86. The number of nitrogens with one attached hydrogen (secondary N) is 1. The van der Waals surface area contributed by atoms with E-state index in [9.17, 15) is 9.59 Å². The number of hydrogen-bond donors (Lipinski definition) is 1. The summed E-state index contributed by atoms with van der Waals surface area (Å²) in [7, 11) is 0. The summed E-state index contributed by atoms with van der Waals surface area (Å²) in [5, 5.41) is 3.73. The SMILES string of the molecule is CC[C@H](C(=O)NC(C)(C)C)N(Cc1ccccc1)C(=O)CSCc1ccccc1Cl. The summed E-state index contributed by atoms with van der Waals surface area (Å²) in [5.74, 6) is 0.768. The Labute approximate surface area is 189 Å². The molecule has 0 heterocycles. The third kappa shape index (κ3) is 7.69. The van der Waals surface area contributed by atoms with Crippen LogP contribution in [-0.2, 0) is 21.9 Å². The standard InChI is InChI=1S/C24H31ClN2O2S/c1-5-21(23(29)26-24(2,3)4)27(15-18-11-7-6-8-12-18)22(28)17-30-16-19-13-9-10-14-20(19)25/h6-14,21H,5,15-17H2,1-4H3,(H,26,29)/t21-/m1/s1. The first-order chi connectivity index (χ1) is 14.2. The van der Waals surface area contributed by atoms with E-state index in [1.165, 1.54) is 11.8 Å². The fourth-order valence-corrected chi connectivity index (χ4v) is 4.30. The van der Waals surface area contributed by atoms with Crippen LogP contribution in [0, 0.1) is 0 Å². The van der Waals surface area contributed by atoms with Gasteiger partial charge in [-0.3, -0.25) is 9.59 Å². The molecule has 162 valence electrons. The van der Waals surface area contributed by atoms with Crippen molar-refractivity contribution in [1.29, 1.82) is 0 Å². The molecule has 0 saturated heterocycles. The van der Waals surface area contributed by atoms with Crippen molar-refractivity contribution in [3.05, 3.63) is 70.7 Å². The molecule has 2 aromatic carbocycles. The molecular formula is C24H31ClN2O2S. The molecule has 2 aromatic rings. The second-order valence-electron chi connectivity index (χ2n) is 8.25. The summed E-state index contributed by atoms with van der Waals surface area (Å²) >= 11 is 7.74. The van der Waals surface area contributed by atoms with Gasteiger partial charge >= 0.3 is 0 Å². The Bertz CT molecular complexity index is 837. The Balaban J connectivity index is 2.13. The predicted molar refractivity (Wildman–Crippen MR) is 127 cm³/mol. The molecule has 6 heteroatoms. The van der Waals surface area contributed by atoms with Gasteiger partial charge in [0.1, 0.15) is 6.04 Å². The molecule has 30 heavy (non-hydrogen) atoms. The zero-order valence-electron chi connectivity index (χ0n) is 18.2. The molecule has 0 aliphatic rings. The molecule has 1 atom stereocenters. The van der Waals surface area contributed by atoms with Gasteiger partial charge in [-0.15, -0.1) is 11.8 Å². The van der Waals surface area contributed by atoms with Gasteiger partial charge in [0.25, 0.3) is 0 Å². The first-order valence-electron chi connectivity index (χ1n) is 10.2. The molecule has 0 unspecified atom stereocenters. The lowest BCUT2D eigenvalue weighted by molar-refractivity contribution is -0.140. The highest BCUT2D eigenvalue weighted by molar-refractivity contribution is 7.99. The van der Waals surface area contributed by atoms with Crippen molar-refractivity contribution < 1.29 is 9.59 Å². The summed E-state index contributed by atoms with van der Waals surface area (Å²) < 4.78 is 0. The fraction of sp³-hybridized carbons (Fsp3) is 0.417. The van der Waals surface area contributed by atoms with E-state index in [0.29, 0.717) is 23.7 Å². The average molecular weight is 447 g/mol. The quantitative estimate of drug-likeness (QED) is 0.568. The summed E-state index contributed by atoms with van der Waals surface area (Å²) in [6.45, 7) is 8.18. The van der Waals surface area contributed by atoms with Crippen molar-refractivity contribution in [2.75, 3.05) is 5.75 Å². The van der Waals surface area contributed by atoms with Gasteiger partial charge < -0.3 is 10.2 Å². The van der Waals surface area contributed by atoms with E-state index in [4.69, 9.17) is 11.6 Å². The monoisotopic (exact) mass is 446 g/mol. The Hall–Kier alpha value is -1.98. The van der Waals surface area contributed by atoms with Crippen LogP contribution >= 0.6 is 23.4 Å². The van der Waals surface area contributed by atoms with Gasteiger partial charge in [0.15, 0.2) is 0 Å². The van der Waals surface area contributed by atoms with E-state index in [1.807, 2.05) is 82.3 Å². The first-order valence-corrected chi connectivity index (χ1v) is 11.7. The number of nitrogens with zero attached hydrogens (tertiary/aromatic N) is 1. The maximum absolute atomic E-state index is 13.2. The number of carbonyl (C=O) groups excluding carboxylic acids is 2. The van der Waals surface area contributed by atoms with Gasteiger partial charge in [0.05, 0.1) is 5.75 Å². The van der Waals surface area contributed by atoms with Gasteiger partial charge in [-0.25, -0.2) is 0 Å². The number of amides is 2. The largest absolute Gasteiger partial charge is 0.350 e. The molecule has 0 aliphatic carbocycles. The minimum absolute atomic E-state index is 0.0492. The lowest BCUT2D eigenvalue weighted by atomic mass is 10.1. The lowest BCUT2D eigenvalue weighted by Gasteiger charge is -2.33. The van der Waals surface area contributed by atoms with E-state index in [1.54, 1.807) is 4.90 Å². The molecular weight excluding hydrogens is 416 g/mol. The van der Waals surface area contributed by atoms with Crippen LogP contribution in [0.5, 0.6) is 0 Å². The molecule has 0 bridgehead atoms. The summed E-state index contributed by atoms with van der Waals surface area (Å²) in [5.41, 5.74) is 1.65. The molecule has 1 N–H and O–H groups in total. The van der Waals surface area contributed by atoms with E-state index >= 15 is 0 Å². The number of thioether (sulfide) groups is 1. The predicted octanol–water partition coefficient (Wildman–Crippen LogP) is 5.30. The van der Waals surface area contributed by atoms with Crippen LogP contribution < -0.4 is 5.32 Å². The number of benzene rings is 2. The van der Waals surface area contributed by atoms with E-state index in [2.05, 4.69) is 5.32 Å². The molecule has 0 radical (unpaired) electrons. The Morgan fingerprint density at radius 2 is 1.70 bits per heavy atom. The number of hydrogen-bond acceptors (Lipinski definition) is 3. The van der Waals surface area contributed by atoms with Crippen LogP contribution in [0.4, 0.5) is 0 Å². The maximum atomic E-state index is 13.2. The van der Waals surface area contributed by atoms with Crippen LogP contribution in [0.15, 0.2) is 54.6 Å². The molecule has 0 spiro atoms. The highest BCUT2D eigenvalue weighted by Crippen LogP contribution is 2.22. The third-order valence-electron chi connectivity index (χ3n) is 4.52. The van der Waals surface area contributed by atoms with Crippen LogP contribution in [-0.4, -0.2) is 34.0 Å². The van der Waals surface area contributed by atoms with E-state index in [0.717, 1.165) is 11.1 Å². The summed E-state index contributed by atoms with van der Waals surface area (Å²) in [6, 6.07) is 16.9. The van der Waals surface area contributed by atoms with Crippen molar-refractivity contribution in [2.24, 2.45) is 0 Å². The average Bonchev–Trinajstić information content (AvgIpc) is 2.68. The number of carbonyl (C=O) groups is 2. The van der Waals surface area contributed by atoms with Gasteiger partial charge in [-0.2, -0.15) is 0 Å². The van der Waals surface area contributed by atoms with Gasteiger partial charge in [-0.05, 0) is 44.4 Å². The van der Waals surface area contributed by atoms with E-state index < -0.39 is 6.04 Å². The Morgan fingerprint density at radius 3 is 2.30 bits per heavy atom. The zero-order valence-corrected chi connectivity index (χ0v) is 19.7. The van der Waals surface area contributed by atoms with Crippen LogP contribution in [0.1, 0.15) is 45.2 Å². The highest BCUT2D eigenvalue weighted by Gasteiger charge is 2.30. The summed E-state index contributed by atoms with van der Waals surface area (Å²) in [4.78, 5) is 27.8. The zero-order chi connectivity index (χ0) is 22.1. The van der Waals surface area contributed by atoms with Crippen LogP contribution in [0.2, 0.25) is 5.02 Å². The second kappa shape index (κ2) is 11.4. The highest BCUT2D eigenvalue weighted by atomic mass is 35.5. The van der Waals surface area contributed by atoms with Crippen molar-refractivity contribution in [3.8, 4) is 0 Å². The normalized spacial score (nSPS) is 12.3. The molecule has 2 rings (SSSR count). The molecule has 4 nitrogen and oxygen atoms in total. The molecule has 0 aromatic heterocycles. The van der Waals surface area contributed by atoms with Crippen molar-refractivity contribution >= 4 is 35.2 Å². The topological polar surface area (TPSA) is 49.4 Å². The lowest BCUT2D eigenvalue weighted by Crippen LogP contribution is -2.53. The van der Waals surface area contributed by atoms with Gasteiger partial charge in [-0.1, -0.05) is 67.1 Å². The fourth-order valence-electron chi connectivity index (χ4n) is 3.10. The van der Waals surface area contributed by atoms with E-state index in [-0.39, 0.29) is 23.1 Å². The maximum Gasteiger partial charge on any atom is 0.243 e. The van der Waals surface area contributed by atoms with Gasteiger partial charge in [0.2, 0.25) is 11.8 Å². The number of rotatable bonds is 9. The first kappa shape index (κ1) is 24.3. The molecule has 0 fully saturated rings. The molecule has 0 saturated carbocycles. The van der Waals surface area contributed by atoms with Crippen molar-refractivity contribution in [2.45, 2.75) is 58.0 Å². The Morgan fingerprint density at radius 1 is 1.07 bits per heavy atom. The molecule has 0 aliphatic heterocycles. The van der Waals surface area contributed by atoms with Crippen LogP contribution in [0.25, 0.3) is 0 Å². The minimum Gasteiger partial charge on any atom is -0.350 e. The minimum atomic E-state index is -0.516. The van der Waals surface area contributed by atoms with Crippen molar-refractivity contribution in [1.82, 2.24) is 10.2 Å². The van der Waals surface area contributed by atoms with Crippen molar-refractivity contribution in [3.63, 3.8) is 0 Å². The molecule has 2 amide bonds. The van der Waals surface area contributed by atoms with Crippen LogP contribution in [0.3, 0.4) is 0 Å². The number of halogens is 1. The van der Waals surface area contributed by atoms with Gasteiger partial charge in [0, 0.05) is 22.9 Å².